The third kappa shape index (κ3) is 2.79. The highest BCUT2D eigenvalue weighted by molar-refractivity contribution is 5.56. The fourth-order valence-corrected chi connectivity index (χ4v) is 3.16. The normalized spacial score (nSPS) is 16.2. The Labute approximate surface area is 125 Å². The predicted octanol–water partition coefficient (Wildman–Crippen LogP) is 3.45. The van der Waals surface area contributed by atoms with Crippen LogP contribution in [0.1, 0.15) is 29.7 Å². The van der Waals surface area contributed by atoms with Crippen LogP contribution in [0.25, 0.3) is 0 Å². The number of anilines is 1. The number of rotatable bonds is 2. The van der Waals surface area contributed by atoms with Gasteiger partial charge in [0.2, 0.25) is 0 Å². The Hall–Kier alpha value is -1.87. The number of hydrogen-bond acceptors (Lipinski definition) is 2. The van der Waals surface area contributed by atoms with E-state index in [-0.39, 0.29) is 11.9 Å². The Morgan fingerprint density at radius 3 is 2.19 bits per heavy atom. The summed E-state index contributed by atoms with van der Waals surface area (Å²) in [4.78, 5) is 2.27. The van der Waals surface area contributed by atoms with E-state index in [4.69, 9.17) is 5.73 Å². The largest absolute Gasteiger partial charge is 0.371 e. The van der Waals surface area contributed by atoms with Gasteiger partial charge in [0, 0.05) is 30.4 Å². The summed E-state index contributed by atoms with van der Waals surface area (Å²) in [5.41, 5.74) is 10.4. The van der Waals surface area contributed by atoms with Gasteiger partial charge in [-0.2, -0.15) is 0 Å². The van der Waals surface area contributed by atoms with Crippen molar-refractivity contribution >= 4 is 5.69 Å². The lowest BCUT2D eigenvalue weighted by Crippen LogP contribution is -2.28. The minimum Gasteiger partial charge on any atom is -0.371 e. The topological polar surface area (TPSA) is 29.3 Å². The molecule has 110 valence electrons. The fraction of sp³-hybridized carbons (Fsp3) is 0.333. The molecule has 2 aromatic carbocycles. The van der Waals surface area contributed by atoms with Gasteiger partial charge in [0.05, 0.1) is 0 Å². The molecule has 3 heteroatoms. The third-order valence-corrected chi connectivity index (χ3v) is 4.25. The first kappa shape index (κ1) is 14.1. The van der Waals surface area contributed by atoms with Gasteiger partial charge in [-0.25, -0.2) is 4.39 Å². The summed E-state index contributed by atoms with van der Waals surface area (Å²) in [7, 11) is 0. The molecule has 0 aromatic heterocycles. The number of nitrogens with zero attached hydrogens (tertiary/aromatic N) is 1. The summed E-state index contributed by atoms with van der Waals surface area (Å²) in [6.07, 6.45) is 1.98. The standard InChI is InChI=1S/C18H21FN2/c1-13(20)18-16(19)7-4-8-17(18)21-11-9-14-5-2-3-6-15(14)10-12-21/h2-8,13H,9-12,20H2,1H3/t13-/m1/s1. The maximum Gasteiger partial charge on any atom is 0.130 e. The molecule has 1 aliphatic rings. The van der Waals surface area contributed by atoms with E-state index in [1.54, 1.807) is 6.07 Å². The monoisotopic (exact) mass is 284 g/mol. The van der Waals surface area contributed by atoms with E-state index >= 15 is 0 Å². The van der Waals surface area contributed by atoms with Crippen LogP contribution in [-0.2, 0) is 12.8 Å². The van der Waals surface area contributed by atoms with E-state index in [0.717, 1.165) is 31.6 Å². The average molecular weight is 284 g/mol. The molecule has 2 nitrogen and oxygen atoms in total. The molecule has 1 heterocycles. The molecule has 0 saturated carbocycles. The summed E-state index contributed by atoms with van der Waals surface area (Å²) < 4.78 is 14.1. The highest BCUT2D eigenvalue weighted by Crippen LogP contribution is 2.29. The minimum atomic E-state index is -0.299. The molecule has 1 aliphatic heterocycles. The Bertz CT molecular complexity index is 610. The molecule has 2 N–H and O–H groups in total. The molecule has 1 atom stereocenters. The highest BCUT2D eigenvalue weighted by Gasteiger charge is 2.20. The summed E-state index contributed by atoms with van der Waals surface area (Å²) >= 11 is 0. The van der Waals surface area contributed by atoms with Crippen molar-refractivity contribution in [2.24, 2.45) is 5.73 Å². The molecule has 21 heavy (non-hydrogen) atoms. The van der Waals surface area contributed by atoms with Crippen LogP contribution in [0.5, 0.6) is 0 Å². The zero-order valence-corrected chi connectivity index (χ0v) is 12.3. The third-order valence-electron chi connectivity index (χ3n) is 4.25. The quantitative estimate of drug-likeness (QED) is 0.915. The first-order valence-corrected chi connectivity index (χ1v) is 7.52. The summed E-state index contributed by atoms with van der Waals surface area (Å²) in [5.74, 6) is -0.204. The van der Waals surface area contributed by atoms with Crippen LogP contribution >= 0.6 is 0 Å². The van der Waals surface area contributed by atoms with Crippen molar-refractivity contribution < 1.29 is 4.39 Å². The van der Waals surface area contributed by atoms with Crippen LogP contribution in [0, 0.1) is 5.82 Å². The lowest BCUT2D eigenvalue weighted by Gasteiger charge is -2.27. The minimum absolute atomic E-state index is 0.204. The highest BCUT2D eigenvalue weighted by atomic mass is 19.1. The van der Waals surface area contributed by atoms with E-state index in [0.29, 0.717) is 5.56 Å². The number of fused-ring (bicyclic) bond motifs is 1. The molecule has 0 spiro atoms. The van der Waals surface area contributed by atoms with Gasteiger partial charge in [-0.05, 0) is 43.0 Å². The van der Waals surface area contributed by atoms with Crippen molar-refractivity contribution in [3.63, 3.8) is 0 Å². The number of benzene rings is 2. The van der Waals surface area contributed by atoms with Crippen LogP contribution < -0.4 is 10.6 Å². The van der Waals surface area contributed by atoms with Crippen molar-refractivity contribution in [3.05, 3.63) is 65.0 Å². The molecule has 0 unspecified atom stereocenters. The second-order valence-corrected chi connectivity index (χ2v) is 5.72. The second-order valence-electron chi connectivity index (χ2n) is 5.72. The van der Waals surface area contributed by atoms with E-state index in [9.17, 15) is 4.39 Å². The van der Waals surface area contributed by atoms with Crippen molar-refractivity contribution in [2.45, 2.75) is 25.8 Å². The van der Waals surface area contributed by atoms with Crippen LogP contribution in [0.4, 0.5) is 10.1 Å². The summed E-state index contributed by atoms with van der Waals surface area (Å²) in [6.45, 7) is 3.65. The molecule has 0 aliphatic carbocycles. The first-order chi connectivity index (χ1) is 10.2. The molecule has 0 saturated heterocycles. The Morgan fingerprint density at radius 2 is 1.62 bits per heavy atom. The van der Waals surface area contributed by atoms with Gasteiger partial charge in [-0.15, -0.1) is 0 Å². The van der Waals surface area contributed by atoms with Crippen LogP contribution in [0.2, 0.25) is 0 Å². The number of halogens is 1. The molecule has 2 aromatic rings. The van der Waals surface area contributed by atoms with Crippen LogP contribution in [0.3, 0.4) is 0 Å². The SMILES string of the molecule is C[C@@H](N)c1c(F)cccc1N1CCc2ccccc2CC1. The molecule has 0 radical (unpaired) electrons. The van der Waals surface area contributed by atoms with Crippen molar-refractivity contribution in [1.82, 2.24) is 0 Å². The summed E-state index contributed by atoms with van der Waals surface area (Å²) in [5, 5.41) is 0. The molecular formula is C18H21FN2. The zero-order chi connectivity index (χ0) is 14.8. The van der Waals surface area contributed by atoms with E-state index in [1.165, 1.54) is 17.2 Å². The van der Waals surface area contributed by atoms with E-state index < -0.39 is 0 Å². The second kappa shape index (κ2) is 5.86. The van der Waals surface area contributed by atoms with Gasteiger partial charge < -0.3 is 10.6 Å². The lowest BCUT2D eigenvalue weighted by atomic mass is 10.0. The predicted molar refractivity (Wildman–Crippen MR) is 85.1 cm³/mol. The van der Waals surface area contributed by atoms with Gasteiger partial charge >= 0.3 is 0 Å². The number of hydrogen-bond donors (Lipinski definition) is 1. The Kier molecular flexibility index (Phi) is 3.93. The van der Waals surface area contributed by atoms with Crippen molar-refractivity contribution in [2.75, 3.05) is 18.0 Å². The van der Waals surface area contributed by atoms with E-state index in [2.05, 4.69) is 29.2 Å². The van der Waals surface area contributed by atoms with Crippen molar-refractivity contribution in [3.8, 4) is 0 Å². The average Bonchev–Trinajstić information content (AvgIpc) is 2.69. The zero-order valence-electron chi connectivity index (χ0n) is 12.3. The summed E-state index contributed by atoms with van der Waals surface area (Å²) in [6, 6.07) is 13.5. The van der Waals surface area contributed by atoms with Gasteiger partial charge in [0.1, 0.15) is 5.82 Å². The molecular weight excluding hydrogens is 263 g/mol. The molecule has 0 bridgehead atoms. The van der Waals surface area contributed by atoms with Gasteiger partial charge in [0.15, 0.2) is 0 Å². The molecule has 0 fully saturated rings. The van der Waals surface area contributed by atoms with Gasteiger partial charge in [0.25, 0.3) is 0 Å². The first-order valence-electron chi connectivity index (χ1n) is 7.52. The maximum atomic E-state index is 14.1. The van der Waals surface area contributed by atoms with E-state index in [1.807, 2.05) is 13.0 Å². The smallest absolute Gasteiger partial charge is 0.130 e. The lowest BCUT2D eigenvalue weighted by molar-refractivity contribution is 0.591. The van der Waals surface area contributed by atoms with Crippen molar-refractivity contribution in [1.29, 1.82) is 0 Å². The maximum absolute atomic E-state index is 14.1. The Morgan fingerprint density at radius 1 is 1.00 bits per heavy atom. The van der Waals surface area contributed by atoms with Gasteiger partial charge in [-0.1, -0.05) is 30.3 Å². The Balaban J connectivity index is 1.92. The van der Waals surface area contributed by atoms with Crippen LogP contribution in [0.15, 0.2) is 42.5 Å². The number of nitrogens with two attached hydrogens (primary N) is 1. The molecule has 0 amide bonds. The van der Waals surface area contributed by atoms with Crippen LogP contribution in [-0.4, -0.2) is 13.1 Å². The molecule has 3 rings (SSSR count). The van der Waals surface area contributed by atoms with Gasteiger partial charge in [-0.3, -0.25) is 0 Å². The fourth-order valence-electron chi connectivity index (χ4n) is 3.16.